The number of aromatic nitrogens is 1. The molecule has 1 fully saturated rings. The first kappa shape index (κ1) is 21.6. The smallest absolute Gasteiger partial charge is 0.272 e. The quantitative estimate of drug-likeness (QED) is 0.764. The van der Waals surface area contributed by atoms with Crippen LogP contribution in [0.25, 0.3) is 0 Å². The molecule has 3 aliphatic rings. The zero-order valence-corrected chi connectivity index (χ0v) is 18.4. The zero-order valence-electron chi connectivity index (χ0n) is 18.4. The molecule has 9 nitrogen and oxygen atoms in total. The maximum absolute atomic E-state index is 11.9. The number of pyridine rings is 1. The maximum Gasteiger partial charge on any atom is 0.272 e. The van der Waals surface area contributed by atoms with Crippen LogP contribution in [0.3, 0.4) is 0 Å². The lowest BCUT2D eigenvalue weighted by Crippen LogP contribution is -2.52. The van der Waals surface area contributed by atoms with Gasteiger partial charge in [0.05, 0.1) is 11.4 Å². The van der Waals surface area contributed by atoms with Gasteiger partial charge in [-0.1, -0.05) is 0 Å². The molecule has 0 saturated carbocycles. The summed E-state index contributed by atoms with van der Waals surface area (Å²) in [6.07, 6.45) is 5.69. The van der Waals surface area contributed by atoms with Gasteiger partial charge in [-0.25, -0.2) is 9.98 Å². The van der Waals surface area contributed by atoms with E-state index in [0.717, 1.165) is 30.9 Å². The highest BCUT2D eigenvalue weighted by Crippen LogP contribution is 2.25. The Morgan fingerprint density at radius 2 is 2.16 bits per heavy atom. The minimum Gasteiger partial charge on any atom is -0.364 e. The summed E-state index contributed by atoms with van der Waals surface area (Å²) in [6, 6.07) is 5.56. The Morgan fingerprint density at radius 3 is 2.88 bits per heavy atom. The van der Waals surface area contributed by atoms with E-state index in [1.807, 2.05) is 18.4 Å². The Hall–Kier alpha value is -3.64. The van der Waals surface area contributed by atoms with Crippen LogP contribution >= 0.6 is 0 Å². The van der Waals surface area contributed by atoms with Crippen LogP contribution in [0.5, 0.6) is 0 Å². The van der Waals surface area contributed by atoms with Crippen LogP contribution in [0, 0.1) is 11.3 Å². The summed E-state index contributed by atoms with van der Waals surface area (Å²) in [5.74, 6) is -0.513. The zero-order chi connectivity index (χ0) is 22.8. The average Bonchev–Trinajstić information content (AvgIpc) is 2.79. The number of aliphatic imine (C=N–C) groups is 2. The molecule has 4 heterocycles. The number of dihydropyridines is 2. The first-order valence-electron chi connectivity index (χ1n) is 10.6. The maximum atomic E-state index is 11.9. The van der Waals surface area contributed by atoms with Gasteiger partial charge in [0.2, 0.25) is 0 Å². The van der Waals surface area contributed by atoms with Gasteiger partial charge >= 0.3 is 0 Å². The molecule has 0 aromatic carbocycles. The van der Waals surface area contributed by atoms with E-state index in [4.69, 9.17) is 0 Å². The Labute approximate surface area is 186 Å². The van der Waals surface area contributed by atoms with Crippen molar-refractivity contribution < 1.29 is 9.59 Å². The normalized spacial score (nSPS) is 23.0. The van der Waals surface area contributed by atoms with Crippen molar-refractivity contribution in [1.29, 1.82) is 5.26 Å². The molecule has 4 rings (SSSR count). The largest absolute Gasteiger partial charge is 0.364 e. The molecule has 9 heteroatoms. The van der Waals surface area contributed by atoms with Gasteiger partial charge in [0.15, 0.2) is 5.69 Å². The molecule has 1 aromatic heterocycles. The average molecular weight is 432 g/mol. The first-order chi connectivity index (χ1) is 15.4. The number of carbonyl (C=O) groups is 2. The molecule has 2 amide bonds. The van der Waals surface area contributed by atoms with Crippen molar-refractivity contribution in [2.75, 3.05) is 38.1 Å². The number of carbonyl (C=O) groups excluding carboxylic acids is 2. The third-order valence-electron chi connectivity index (χ3n) is 5.88. The summed E-state index contributed by atoms with van der Waals surface area (Å²) in [7, 11) is 1.54. The van der Waals surface area contributed by atoms with E-state index < -0.39 is 0 Å². The number of anilines is 1. The topological polar surface area (TPSA) is 114 Å². The molecular formula is C23H25N7O2. The third-order valence-corrected chi connectivity index (χ3v) is 5.88. The summed E-state index contributed by atoms with van der Waals surface area (Å²) in [5.41, 5.74) is 3.58. The molecule has 0 radical (unpaired) electrons. The van der Waals surface area contributed by atoms with Gasteiger partial charge in [-0.15, -0.1) is 0 Å². The van der Waals surface area contributed by atoms with Gasteiger partial charge in [0, 0.05) is 51.1 Å². The number of piperazine rings is 1. The fourth-order valence-electron chi connectivity index (χ4n) is 4.20. The van der Waals surface area contributed by atoms with Gasteiger partial charge in [-0.2, -0.15) is 5.26 Å². The van der Waals surface area contributed by atoms with Crippen molar-refractivity contribution >= 4 is 29.4 Å². The lowest BCUT2D eigenvalue weighted by Gasteiger charge is -2.41. The van der Waals surface area contributed by atoms with Crippen LogP contribution in [0.1, 0.15) is 30.0 Å². The summed E-state index contributed by atoms with van der Waals surface area (Å²) in [6.45, 7) is 6.90. The lowest BCUT2D eigenvalue weighted by molar-refractivity contribution is -0.114. The van der Waals surface area contributed by atoms with Crippen LogP contribution < -0.4 is 10.2 Å². The summed E-state index contributed by atoms with van der Waals surface area (Å²) < 4.78 is 0. The highest BCUT2D eigenvalue weighted by molar-refractivity contribution is 6.16. The predicted molar refractivity (Wildman–Crippen MR) is 122 cm³/mol. The molecule has 2 atom stereocenters. The summed E-state index contributed by atoms with van der Waals surface area (Å²) in [4.78, 5) is 41.2. The highest BCUT2D eigenvalue weighted by atomic mass is 16.2. The molecule has 164 valence electrons. The van der Waals surface area contributed by atoms with Gasteiger partial charge in [-0.05, 0) is 43.7 Å². The Morgan fingerprint density at radius 1 is 1.34 bits per heavy atom. The Bertz CT molecular complexity index is 1130. The molecule has 0 bridgehead atoms. The third kappa shape index (κ3) is 4.22. The van der Waals surface area contributed by atoms with Crippen molar-refractivity contribution in [2.45, 2.75) is 25.9 Å². The van der Waals surface area contributed by atoms with Crippen LogP contribution in [0.15, 0.2) is 45.4 Å². The molecule has 1 saturated heterocycles. The van der Waals surface area contributed by atoms with Gasteiger partial charge in [0.25, 0.3) is 11.8 Å². The molecular weight excluding hydrogens is 406 g/mol. The van der Waals surface area contributed by atoms with Crippen molar-refractivity contribution in [3.05, 3.63) is 46.8 Å². The summed E-state index contributed by atoms with van der Waals surface area (Å²) in [5, 5.41) is 12.1. The molecule has 1 N–H and O–H groups in total. The van der Waals surface area contributed by atoms with Crippen molar-refractivity contribution in [3.8, 4) is 6.07 Å². The number of hydrogen-bond donors (Lipinski definition) is 1. The highest BCUT2D eigenvalue weighted by Gasteiger charge is 2.28. The number of nitrogens with one attached hydrogen (secondary N) is 1. The molecule has 32 heavy (non-hydrogen) atoms. The second-order valence-corrected chi connectivity index (χ2v) is 8.17. The fourth-order valence-corrected chi connectivity index (χ4v) is 4.20. The SMILES string of the molecule is CNC(=O)c1ccc(N2CCN(CC3=CC4=NC(=O)C(C)=CC4N=C3)C[C@H]2C)c(C#N)n1. The van der Waals surface area contributed by atoms with Crippen LogP contribution in [0.4, 0.5) is 5.69 Å². The lowest BCUT2D eigenvalue weighted by atomic mass is 9.99. The number of hydrogen-bond acceptors (Lipinski definition) is 7. The van der Waals surface area contributed by atoms with Crippen LogP contribution in [0.2, 0.25) is 0 Å². The van der Waals surface area contributed by atoms with Gasteiger partial charge in [-0.3, -0.25) is 19.5 Å². The number of amides is 2. The Kier molecular flexibility index (Phi) is 5.97. The van der Waals surface area contributed by atoms with E-state index in [2.05, 4.69) is 43.1 Å². The minimum atomic E-state index is -0.314. The van der Waals surface area contributed by atoms with Crippen LogP contribution in [-0.4, -0.2) is 78.9 Å². The Balaban J connectivity index is 1.44. The monoisotopic (exact) mass is 431 g/mol. The van der Waals surface area contributed by atoms with E-state index in [-0.39, 0.29) is 35.3 Å². The minimum absolute atomic E-state index is 0.150. The van der Waals surface area contributed by atoms with Crippen molar-refractivity contribution in [1.82, 2.24) is 15.2 Å². The van der Waals surface area contributed by atoms with Crippen LogP contribution in [-0.2, 0) is 4.79 Å². The van der Waals surface area contributed by atoms with Crippen molar-refractivity contribution in [2.24, 2.45) is 9.98 Å². The second-order valence-electron chi connectivity index (χ2n) is 8.17. The molecule has 1 unspecified atom stereocenters. The molecule has 0 spiro atoms. The molecule has 0 aliphatic carbocycles. The second kappa shape index (κ2) is 8.85. The van der Waals surface area contributed by atoms with Gasteiger partial charge in [0.1, 0.15) is 17.8 Å². The van der Waals surface area contributed by atoms with E-state index in [1.165, 1.54) is 7.05 Å². The standard InChI is InChI=1S/C23H25N7O2/c1-14-8-18-19(28-22(14)31)9-16(11-26-18)13-29-6-7-30(15(2)12-29)21-5-4-17(23(32)25-3)27-20(21)10-24/h4-5,8-9,11,15,18H,6-7,12-13H2,1-3H3,(H,25,32)/t15-,18?/m1/s1. The van der Waals surface area contributed by atoms with Crippen molar-refractivity contribution in [3.63, 3.8) is 0 Å². The summed E-state index contributed by atoms with van der Waals surface area (Å²) >= 11 is 0. The van der Waals surface area contributed by atoms with E-state index in [0.29, 0.717) is 17.8 Å². The number of nitrogens with zero attached hydrogens (tertiary/aromatic N) is 6. The van der Waals surface area contributed by atoms with E-state index in [9.17, 15) is 14.9 Å². The number of rotatable bonds is 4. The fraction of sp³-hybridized carbons (Fsp3) is 0.391. The van der Waals surface area contributed by atoms with E-state index >= 15 is 0 Å². The molecule has 3 aliphatic heterocycles. The molecule has 1 aromatic rings. The van der Waals surface area contributed by atoms with Gasteiger partial charge < -0.3 is 10.2 Å². The first-order valence-corrected chi connectivity index (χ1v) is 10.6. The number of fused-ring (bicyclic) bond motifs is 1. The predicted octanol–water partition coefficient (Wildman–Crippen LogP) is 1.13. The number of nitriles is 1. The van der Waals surface area contributed by atoms with E-state index in [1.54, 1.807) is 19.1 Å².